The Balaban J connectivity index is 1.32. The van der Waals surface area contributed by atoms with E-state index >= 15 is 0 Å². The third-order valence-electron chi connectivity index (χ3n) is 6.17. The molecule has 0 radical (unpaired) electrons. The molecule has 2 aromatic carbocycles. The van der Waals surface area contributed by atoms with Gasteiger partial charge >= 0.3 is 0 Å². The van der Waals surface area contributed by atoms with Gasteiger partial charge < -0.3 is 38.4 Å². The summed E-state index contributed by atoms with van der Waals surface area (Å²) >= 11 is 0. The van der Waals surface area contributed by atoms with Gasteiger partial charge in [0.05, 0.1) is 37.5 Å². The Hall–Kier alpha value is -4.02. The van der Waals surface area contributed by atoms with Gasteiger partial charge in [0.1, 0.15) is 26.4 Å². The van der Waals surface area contributed by atoms with Crippen molar-refractivity contribution in [3.63, 3.8) is 0 Å². The van der Waals surface area contributed by atoms with E-state index in [9.17, 15) is 9.59 Å². The maximum atomic E-state index is 11.9. The number of pyridine rings is 2. The van der Waals surface area contributed by atoms with Crippen LogP contribution in [0.1, 0.15) is 11.1 Å². The zero-order valence-electron chi connectivity index (χ0n) is 21.4. The summed E-state index contributed by atoms with van der Waals surface area (Å²) in [6.45, 7) is 6.25. The lowest BCUT2D eigenvalue weighted by Crippen LogP contribution is -2.16. The highest BCUT2D eigenvalue weighted by Gasteiger charge is 2.13. The summed E-state index contributed by atoms with van der Waals surface area (Å²) in [7, 11) is 0. The van der Waals surface area contributed by atoms with E-state index in [4.69, 9.17) is 28.4 Å². The largest absolute Gasteiger partial charge is 0.487 e. The molecule has 2 N–H and O–H groups in total. The van der Waals surface area contributed by atoms with Crippen LogP contribution in [-0.2, 0) is 9.47 Å². The highest BCUT2D eigenvalue weighted by atomic mass is 16.6. The predicted molar refractivity (Wildman–Crippen MR) is 142 cm³/mol. The molecule has 0 aliphatic carbocycles. The monoisotopic (exact) mass is 522 g/mol. The number of hydrogen-bond acceptors (Lipinski definition) is 8. The molecule has 0 unspecified atom stereocenters. The molecule has 38 heavy (non-hydrogen) atoms. The summed E-state index contributed by atoms with van der Waals surface area (Å²) in [5, 5.41) is 1.75. The fraction of sp³-hybridized carbons (Fsp3) is 0.357. The lowest BCUT2D eigenvalue weighted by molar-refractivity contribution is 0.0641. The summed E-state index contributed by atoms with van der Waals surface area (Å²) in [6, 6.07) is 10.4. The van der Waals surface area contributed by atoms with Crippen molar-refractivity contribution in [3.05, 3.63) is 68.2 Å². The molecule has 10 nitrogen and oxygen atoms in total. The van der Waals surface area contributed by atoms with Gasteiger partial charge in [-0.3, -0.25) is 9.59 Å². The summed E-state index contributed by atoms with van der Waals surface area (Å²) in [6.07, 6.45) is 0. The fourth-order valence-corrected chi connectivity index (χ4v) is 4.36. The van der Waals surface area contributed by atoms with Gasteiger partial charge in [0.15, 0.2) is 23.0 Å². The van der Waals surface area contributed by atoms with Crippen molar-refractivity contribution in [2.24, 2.45) is 0 Å². The van der Waals surface area contributed by atoms with Crippen LogP contribution in [0.15, 0.2) is 46.0 Å². The molecule has 3 heterocycles. The number of hydrogen-bond donors (Lipinski definition) is 2. The van der Waals surface area contributed by atoms with Crippen LogP contribution >= 0.6 is 0 Å². The number of aryl methyl sites for hydroxylation is 2. The molecule has 0 atom stereocenters. The summed E-state index contributed by atoms with van der Waals surface area (Å²) in [4.78, 5) is 29.5. The third-order valence-corrected chi connectivity index (χ3v) is 6.17. The van der Waals surface area contributed by atoms with E-state index in [1.165, 1.54) is 0 Å². The molecule has 0 spiro atoms. The molecule has 5 rings (SSSR count). The van der Waals surface area contributed by atoms with Crippen LogP contribution in [0.4, 0.5) is 0 Å². The van der Waals surface area contributed by atoms with Crippen LogP contribution in [0, 0.1) is 13.8 Å². The van der Waals surface area contributed by atoms with Crippen molar-refractivity contribution in [1.82, 2.24) is 9.97 Å². The first-order valence-corrected chi connectivity index (χ1v) is 12.5. The molecule has 0 saturated carbocycles. The number of H-pyrrole nitrogens is 2. The number of fused-ring (bicyclic) bond motifs is 4. The zero-order chi connectivity index (χ0) is 26.5. The first-order valence-electron chi connectivity index (χ1n) is 12.5. The first-order chi connectivity index (χ1) is 18.5. The zero-order valence-corrected chi connectivity index (χ0v) is 21.4. The number of rotatable bonds is 0. The van der Waals surface area contributed by atoms with Crippen LogP contribution in [-0.4, -0.2) is 62.8 Å². The predicted octanol–water partition coefficient (Wildman–Crippen LogP) is 3.25. The van der Waals surface area contributed by atoms with Crippen LogP contribution < -0.4 is 30.1 Å². The van der Waals surface area contributed by atoms with Crippen LogP contribution in [0.2, 0.25) is 0 Å². The van der Waals surface area contributed by atoms with E-state index in [1.54, 1.807) is 24.3 Å². The molecule has 200 valence electrons. The fourth-order valence-electron chi connectivity index (χ4n) is 4.36. The minimum atomic E-state index is -0.175. The summed E-state index contributed by atoms with van der Waals surface area (Å²) in [5.74, 6) is 2.14. The third kappa shape index (κ3) is 5.92. The Morgan fingerprint density at radius 3 is 1.21 bits per heavy atom. The molecule has 0 saturated heterocycles. The lowest BCUT2D eigenvalue weighted by atomic mass is 10.1. The molecule has 0 bridgehead atoms. The van der Waals surface area contributed by atoms with Gasteiger partial charge in [-0.1, -0.05) is 0 Å². The smallest absolute Gasteiger partial charge is 0.248 e. The molecule has 4 aromatic rings. The lowest BCUT2D eigenvalue weighted by Gasteiger charge is -2.17. The number of ether oxygens (including phenoxy) is 6. The van der Waals surface area contributed by atoms with E-state index in [1.807, 2.05) is 26.0 Å². The summed E-state index contributed by atoms with van der Waals surface area (Å²) < 4.78 is 35.3. The normalized spacial score (nSPS) is 15.6. The van der Waals surface area contributed by atoms with Gasteiger partial charge in [0, 0.05) is 35.0 Å². The average molecular weight is 523 g/mol. The van der Waals surface area contributed by atoms with E-state index in [0.29, 0.717) is 73.7 Å². The average Bonchev–Trinajstić information content (AvgIpc) is 2.87. The van der Waals surface area contributed by atoms with Gasteiger partial charge in [0.25, 0.3) is 0 Å². The maximum absolute atomic E-state index is 11.9. The molecular formula is C28H30N2O8. The highest BCUT2D eigenvalue weighted by Crippen LogP contribution is 2.34. The molecule has 1 aliphatic heterocycles. The Morgan fingerprint density at radius 2 is 0.842 bits per heavy atom. The number of nitrogens with one attached hydrogen (secondary N) is 2. The topological polar surface area (TPSA) is 121 Å². The second kappa shape index (κ2) is 11.6. The molecule has 1 aliphatic rings. The number of benzene rings is 2. The first kappa shape index (κ1) is 25.6. The minimum Gasteiger partial charge on any atom is -0.487 e. The minimum absolute atomic E-state index is 0.175. The maximum Gasteiger partial charge on any atom is 0.248 e. The van der Waals surface area contributed by atoms with E-state index in [-0.39, 0.29) is 24.3 Å². The molecule has 0 fully saturated rings. The van der Waals surface area contributed by atoms with Crippen molar-refractivity contribution < 1.29 is 28.4 Å². The van der Waals surface area contributed by atoms with E-state index < -0.39 is 0 Å². The number of aromatic nitrogens is 2. The summed E-state index contributed by atoms with van der Waals surface area (Å²) in [5.41, 5.74) is 2.69. The molecule has 2 aromatic heterocycles. The van der Waals surface area contributed by atoms with Gasteiger partial charge in [-0.25, -0.2) is 0 Å². The van der Waals surface area contributed by atoms with Gasteiger partial charge in [-0.2, -0.15) is 0 Å². The number of aromatic amines is 2. The van der Waals surface area contributed by atoms with E-state index in [0.717, 1.165) is 21.9 Å². The van der Waals surface area contributed by atoms with Gasteiger partial charge in [-0.05, 0) is 37.1 Å². The molecule has 0 amide bonds. The van der Waals surface area contributed by atoms with Crippen molar-refractivity contribution in [1.29, 1.82) is 0 Å². The van der Waals surface area contributed by atoms with Crippen molar-refractivity contribution in [2.45, 2.75) is 13.8 Å². The Bertz CT molecular complexity index is 1440. The van der Waals surface area contributed by atoms with Gasteiger partial charge in [-0.15, -0.1) is 0 Å². The van der Waals surface area contributed by atoms with Crippen molar-refractivity contribution >= 4 is 21.8 Å². The quantitative estimate of drug-likeness (QED) is 0.361. The van der Waals surface area contributed by atoms with Crippen LogP contribution in [0.3, 0.4) is 0 Å². The van der Waals surface area contributed by atoms with E-state index in [2.05, 4.69) is 9.97 Å². The van der Waals surface area contributed by atoms with Crippen molar-refractivity contribution in [2.75, 3.05) is 52.9 Å². The highest BCUT2D eigenvalue weighted by molar-refractivity contribution is 5.86. The molecular weight excluding hydrogens is 492 g/mol. The molecule has 10 heteroatoms. The standard InChI is InChI=1S/C28H30N2O8/c1-17-11-27(31)29-21-15-25-23(13-19(17)21)35-7-3-33-4-8-36-24-14-20-18(2)12-28(32)30-22(20)16-26(24)38-10-6-34-5-9-37-25/h11-16H,3-10H2,1-2H3,(H,29,31)(H,30,32). The van der Waals surface area contributed by atoms with Crippen molar-refractivity contribution in [3.8, 4) is 23.0 Å². The second-order valence-corrected chi connectivity index (χ2v) is 8.94. The van der Waals surface area contributed by atoms with Gasteiger partial charge in [0.2, 0.25) is 11.1 Å². The second-order valence-electron chi connectivity index (χ2n) is 8.94. The Morgan fingerprint density at radius 1 is 0.500 bits per heavy atom. The van der Waals surface area contributed by atoms with Crippen LogP contribution in [0.25, 0.3) is 21.8 Å². The Kier molecular flexibility index (Phi) is 7.81. The Labute approximate surface area is 218 Å². The van der Waals surface area contributed by atoms with Crippen LogP contribution in [0.5, 0.6) is 23.0 Å². The SMILES string of the molecule is Cc1cc(=O)[nH]c2cc3c(cc12)OCCOCCOc1cc2c(C)cc(=O)[nH]c2cc1OCCOCCO3.